The molecule has 0 aromatic carbocycles. The van der Waals surface area contributed by atoms with Gasteiger partial charge in [0.15, 0.2) is 0 Å². The first-order valence-corrected chi connectivity index (χ1v) is 6.52. The lowest BCUT2D eigenvalue weighted by Gasteiger charge is -2.14. The molecule has 1 amide bonds. The zero-order chi connectivity index (χ0) is 13.5. The normalized spacial score (nSPS) is 11.8. The number of amides is 1. The van der Waals surface area contributed by atoms with E-state index >= 15 is 0 Å². The first kappa shape index (κ1) is 17.7. The molecule has 0 aliphatic heterocycles. The zero-order valence-electron chi connectivity index (χ0n) is 11.8. The molecule has 1 aromatic rings. The lowest BCUT2D eigenvalue weighted by Crippen LogP contribution is -2.33. The average molecular weight is 286 g/mol. The Kier molecular flexibility index (Phi) is 8.16. The number of halogens is 1. The van der Waals surface area contributed by atoms with Crippen molar-refractivity contribution in [2.24, 2.45) is 5.92 Å². The minimum Gasteiger partial charge on any atom is -0.384 e. The number of nitrogen functional groups attached to an aromatic ring is 1. The van der Waals surface area contributed by atoms with Crippen molar-refractivity contribution in [3.05, 3.63) is 23.9 Å². The van der Waals surface area contributed by atoms with Gasteiger partial charge in [0.2, 0.25) is 0 Å². The summed E-state index contributed by atoms with van der Waals surface area (Å²) >= 11 is 0. The highest BCUT2D eigenvalue weighted by Crippen LogP contribution is 2.09. The van der Waals surface area contributed by atoms with E-state index in [4.69, 9.17) is 5.73 Å². The Balaban J connectivity index is 0.00000324. The molecule has 0 radical (unpaired) electrons. The summed E-state index contributed by atoms with van der Waals surface area (Å²) in [6.45, 7) is 6.43. The monoisotopic (exact) mass is 285 g/mol. The maximum absolute atomic E-state index is 11.9. The highest BCUT2D eigenvalue weighted by molar-refractivity contribution is 5.92. The van der Waals surface area contributed by atoms with Gasteiger partial charge in [-0.2, -0.15) is 0 Å². The summed E-state index contributed by atoms with van der Waals surface area (Å²) in [6.07, 6.45) is 3.31. The second-order valence-electron chi connectivity index (χ2n) is 5.15. The van der Waals surface area contributed by atoms with Crippen LogP contribution < -0.4 is 11.1 Å². The molecule has 1 aromatic heterocycles. The molecule has 0 bridgehead atoms. The van der Waals surface area contributed by atoms with Crippen molar-refractivity contribution >= 4 is 24.1 Å². The van der Waals surface area contributed by atoms with Gasteiger partial charge in [0, 0.05) is 6.04 Å². The van der Waals surface area contributed by atoms with Crippen LogP contribution in [0.15, 0.2) is 18.2 Å². The predicted octanol–water partition coefficient (Wildman–Crippen LogP) is 3.03. The largest absolute Gasteiger partial charge is 0.384 e. The summed E-state index contributed by atoms with van der Waals surface area (Å²) in [4.78, 5) is 15.9. The van der Waals surface area contributed by atoms with Crippen LogP contribution in [0.5, 0.6) is 0 Å². The third kappa shape index (κ3) is 7.01. The molecule has 1 rings (SSSR count). The van der Waals surface area contributed by atoms with Crippen LogP contribution in [0, 0.1) is 5.92 Å². The third-order valence-electron chi connectivity index (χ3n) is 2.80. The highest BCUT2D eigenvalue weighted by Gasteiger charge is 2.11. The summed E-state index contributed by atoms with van der Waals surface area (Å²) in [6, 6.07) is 5.25. The molecule has 0 aliphatic carbocycles. The molecule has 5 heteroatoms. The summed E-state index contributed by atoms with van der Waals surface area (Å²) in [5.41, 5.74) is 5.93. The van der Waals surface area contributed by atoms with Crippen LogP contribution >= 0.6 is 12.4 Å². The van der Waals surface area contributed by atoms with Crippen molar-refractivity contribution in [1.82, 2.24) is 10.3 Å². The van der Waals surface area contributed by atoms with Crippen LogP contribution in [0.2, 0.25) is 0 Å². The molecular formula is C14H24ClN3O. The topological polar surface area (TPSA) is 68.0 Å². The standard InChI is InChI=1S/C14H23N3O.ClH/c1-10(2)6-4-7-11(3)16-14(18)12-8-5-9-13(15)17-12;/h5,8-11H,4,6-7H2,1-3H3,(H2,15,17)(H,16,18);1H. The Morgan fingerprint density at radius 1 is 1.32 bits per heavy atom. The average Bonchev–Trinajstić information content (AvgIpc) is 2.28. The van der Waals surface area contributed by atoms with Crippen molar-refractivity contribution in [3.63, 3.8) is 0 Å². The second-order valence-corrected chi connectivity index (χ2v) is 5.15. The fourth-order valence-electron chi connectivity index (χ4n) is 1.78. The van der Waals surface area contributed by atoms with Crippen molar-refractivity contribution in [3.8, 4) is 0 Å². The van der Waals surface area contributed by atoms with Gasteiger partial charge in [0.1, 0.15) is 11.5 Å². The number of pyridine rings is 1. The lowest BCUT2D eigenvalue weighted by atomic mass is 10.0. The van der Waals surface area contributed by atoms with Crippen LogP contribution in [0.1, 0.15) is 50.5 Å². The number of nitrogens with zero attached hydrogens (tertiary/aromatic N) is 1. The van der Waals surface area contributed by atoms with Crippen LogP contribution in [0.25, 0.3) is 0 Å². The van der Waals surface area contributed by atoms with E-state index in [2.05, 4.69) is 24.1 Å². The smallest absolute Gasteiger partial charge is 0.270 e. The first-order valence-electron chi connectivity index (χ1n) is 6.52. The van der Waals surface area contributed by atoms with Gasteiger partial charge < -0.3 is 11.1 Å². The zero-order valence-corrected chi connectivity index (χ0v) is 12.7. The quantitative estimate of drug-likeness (QED) is 0.844. The molecule has 1 heterocycles. The molecule has 1 atom stereocenters. The number of hydrogen-bond donors (Lipinski definition) is 2. The Morgan fingerprint density at radius 3 is 2.58 bits per heavy atom. The van der Waals surface area contributed by atoms with Crippen LogP contribution in [0.3, 0.4) is 0 Å². The molecule has 19 heavy (non-hydrogen) atoms. The molecule has 0 fully saturated rings. The number of carbonyl (C=O) groups is 1. The van der Waals surface area contributed by atoms with E-state index in [1.165, 1.54) is 6.42 Å². The molecular weight excluding hydrogens is 262 g/mol. The fraction of sp³-hybridized carbons (Fsp3) is 0.571. The Morgan fingerprint density at radius 2 is 2.00 bits per heavy atom. The molecule has 1 unspecified atom stereocenters. The molecule has 108 valence electrons. The van der Waals surface area contributed by atoms with E-state index in [0.717, 1.165) is 12.8 Å². The van der Waals surface area contributed by atoms with E-state index in [0.29, 0.717) is 17.4 Å². The fourth-order valence-corrected chi connectivity index (χ4v) is 1.78. The summed E-state index contributed by atoms with van der Waals surface area (Å²) < 4.78 is 0. The van der Waals surface area contributed by atoms with Gasteiger partial charge in [-0.1, -0.05) is 32.8 Å². The van der Waals surface area contributed by atoms with E-state index in [1.54, 1.807) is 18.2 Å². The van der Waals surface area contributed by atoms with Crippen LogP contribution in [-0.2, 0) is 0 Å². The Bertz CT molecular complexity index is 396. The first-order chi connectivity index (χ1) is 8.49. The third-order valence-corrected chi connectivity index (χ3v) is 2.80. The van der Waals surface area contributed by atoms with Crippen molar-refractivity contribution < 1.29 is 4.79 Å². The number of aromatic nitrogens is 1. The molecule has 0 spiro atoms. The number of nitrogens with two attached hydrogens (primary N) is 1. The van der Waals surface area contributed by atoms with E-state index in [1.807, 2.05) is 6.92 Å². The van der Waals surface area contributed by atoms with Crippen LogP contribution in [0.4, 0.5) is 5.82 Å². The summed E-state index contributed by atoms with van der Waals surface area (Å²) in [5, 5.41) is 2.94. The second kappa shape index (κ2) is 8.75. The number of carbonyl (C=O) groups excluding carboxylic acids is 1. The Labute approximate surface area is 121 Å². The van der Waals surface area contributed by atoms with Gasteiger partial charge in [-0.15, -0.1) is 12.4 Å². The maximum Gasteiger partial charge on any atom is 0.270 e. The number of hydrogen-bond acceptors (Lipinski definition) is 3. The molecule has 0 aliphatic rings. The molecule has 0 saturated carbocycles. The highest BCUT2D eigenvalue weighted by atomic mass is 35.5. The number of rotatable bonds is 6. The van der Waals surface area contributed by atoms with E-state index in [-0.39, 0.29) is 24.4 Å². The van der Waals surface area contributed by atoms with Crippen LogP contribution in [-0.4, -0.2) is 16.9 Å². The van der Waals surface area contributed by atoms with E-state index in [9.17, 15) is 4.79 Å². The minimum absolute atomic E-state index is 0. The predicted molar refractivity (Wildman–Crippen MR) is 81.5 cm³/mol. The van der Waals surface area contributed by atoms with Crippen molar-refractivity contribution in [1.29, 1.82) is 0 Å². The Hall–Kier alpha value is -1.29. The van der Waals surface area contributed by atoms with Crippen molar-refractivity contribution in [2.75, 3.05) is 5.73 Å². The molecule has 0 saturated heterocycles. The molecule has 3 N–H and O–H groups in total. The van der Waals surface area contributed by atoms with Gasteiger partial charge in [-0.25, -0.2) is 4.98 Å². The van der Waals surface area contributed by atoms with Gasteiger partial charge in [0.25, 0.3) is 5.91 Å². The number of nitrogens with one attached hydrogen (secondary N) is 1. The minimum atomic E-state index is -0.153. The van der Waals surface area contributed by atoms with Gasteiger partial charge in [-0.05, 0) is 31.4 Å². The van der Waals surface area contributed by atoms with Gasteiger partial charge in [-0.3, -0.25) is 4.79 Å². The molecule has 4 nitrogen and oxygen atoms in total. The maximum atomic E-state index is 11.9. The summed E-state index contributed by atoms with van der Waals surface area (Å²) in [5.74, 6) is 0.929. The lowest BCUT2D eigenvalue weighted by molar-refractivity contribution is 0.0933. The van der Waals surface area contributed by atoms with E-state index < -0.39 is 0 Å². The number of anilines is 1. The SMILES string of the molecule is CC(C)CCCC(C)NC(=O)c1cccc(N)n1.Cl. The van der Waals surface area contributed by atoms with Gasteiger partial charge >= 0.3 is 0 Å². The van der Waals surface area contributed by atoms with Gasteiger partial charge in [0.05, 0.1) is 0 Å². The summed E-state index contributed by atoms with van der Waals surface area (Å²) in [7, 11) is 0. The van der Waals surface area contributed by atoms with Crippen molar-refractivity contribution in [2.45, 2.75) is 46.1 Å².